The highest BCUT2D eigenvalue weighted by Crippen LogP contribution is 2.27. The number of aromatic nitrogens is 1. The van der Waals surface area contributed by atoms with E-state index in [-0.39, 0.29) is 24.5 Å². The molecule has 34 heavy (non-hydrogen) atoms. The second kappa shape index (κ2) is 10.7. The Kier molecular flexibility index (Phi) is 7.73. The van der Waals surface area contributed by atoms with Crippen LogP contribution >= 0.6 is 0 Å². The second-order valence-corrected chi connectivity index (χ2v) is 8.11. The lowest BCUT2D eigenvalue weighted by atomic mass is 9.97. The van der Waals surface area contributed by atoms with Gasteiger partial charge in [0.1, 0.15) is 5.75 Å². The van der Waals surface area contributed by atoms with Gasteiger partial charge in [0.05, 0.1) is 19.1 Å². The summed E-state index contributed by atoms with van der Waals surface area (Å²) in [5.41, 5.74) is 3.40. The topological polar surface area (TPSA) is 110 Å². The van der Waals surface area contributed by atoms with E-state index in [4.69, 9.17) is 4.74 Å². The van der Waals surface area contributed by atoms with E-state index >= 15 is 0 Å². The van der Waals surface area contributed by atoms with Crippen molar-refractivity contribution in [3.05, 3.63) is 81.8 Å². The summed E-state index contributed by atoms with van der Waals surface area (Å²) < 4.78 is 6.36. The van der Waals surface area contributed by atoms with E-state index in [0.29, 0.717) is 11.1 Å². The third-order valence-corrected chi connectivity index (χ3v) is 5.39. The zero-order valence-electron chi connectivity index (χ0n) is 19.7. The smallest absolute Gasteiger partial charge is 0.319 e. The van der Waals surface area contributed by atoms with E-state index in [0.717, 1.165) is 16.7 Å². The van der Waals surface area contributed by atoms with Crippen LogP contribution in [0.25, 0.3) is 11.1 Å². The van der Waals surface area contributed by atoms with Gasteiger partial charge in [0.25, 0.3) is 5.56 Å². The molecular weight excluding hydrogens is 434 g/mol. The molecule has 0 aliphatic heterocycles. The Hall–Kier alpha value is -4.07. The Morgan fingerprint density at radius 1 is 1.09 bits per heavy atom. The first kappa shape index (κ1) is 24.6. The first-order valence-corrected chi connectivity index (χ1v) is 11.0. The fourth-order valence-electron chi connectivity index (χ4n) is 3.70. The molecule has 3 rings (SSSR count). The van der Waals surface area contributed by atoms with Crippen LogP contribution in [0.1, 0.15) is 36.1 Å². The Morgan fingerprint density at radius 2 is 1.76 bits per heavy atom. The fourth-order valence-corrected chi connectivity index (χ4v) is 3.70. The predicted molar refractivity (Wildman–Crippen MR) is 131 cm³/mol. The quantitative estimate of drug-likeness (QED) is 0.455. The van der Waals surface area contributed by atoms with Gasteiger partial charge in [-0.3, -0.25) is 9.59 Å². The van der Waals surface area contributed by atoms with Crippen molar-refractivity contribution in [1.82, 2.24) is 9.88 Å². The zero-order valence-corrected chi connectivity index (χ0v) is 19.7. The monoisotopic (exact) mass is 463 g/mol. The number of benzene rings is 2. The van der Waals surface area contributed by atoms with Gasteiger partial charge in [-0.15, -0.1) is 0 Å². The number of ether oxygens (including phenoxy) is 1. The SMILES string of the molecule is CCOC(=O)CC(NC(=O)Nc1c(O)c(C)cn(C)c1=O)c1cccc(-c2cccc(C)c2)c1. The lowest BCUT2D eigenvalue weighted by molar-refractivity contribution is -0.143. The number of aryl methyl sites for hydroxylation is 3. The Morgan fingerprint density at radius 3 is 2.44 bits per heavy atom. The molecule has 1 heterocycles. The van der Waals surface area contributed by atoms with Gasteiger partial charge in [0.2, 0.25) is 0 Å². The largest absolute Gasteiger partial charge is 0.505 e. The number of hydrogen-bond acceptors (Lipinski definition) is 5. The molecule has 0 saturated heterocycles. The minimum atomic E-state index is -0.728. The van der Waals surface area contributed by atoms with Gasteiger partial charge in [-0.1, -0.05) is 48.0 Å². The summed E-state index contributed by atoms with van der Waals surface area (Å²) in [6.45, 7) is 5.56. The molecule has 8 heteroatoms. The minimum Gasteiger partial charge on any atom is -0.505 e. The molecule has 0 bridgehead atoms. The maximum atomic E-state index is 12.8. The summed E-state index contributed by atoms with van der Waals surface area (Å²) in [5.74, 6) is -0.773. The third kappa shape index (κ3) is 5.83. The van der Waals surface area contributed by atoms with E-state index in [9.17, 15) is 19.5 Å². The molecule has 0 aliphatic rings. The summed E-state index contributed by atoms with van der Waals surface area (Å²) in [7, 11) is 1.53. The van der Waals surface area contributed by atoms with Crippen LogP contribution in [0.5, 0.6) is 5.75 Å². The standard InChI is InChI=1S/C26H29N3O5/c1-5-34-22(30)14-21(20-11-7-10-19(13-20)18-9-6-8-16(2)12-18)27-26(33)28-23-24(31)17(3)15-29(4)25(23)32/h6-13,15,21,31H,5,14H2,1-4H3,(H2,27,28,33). The molecule has 1 atom stereocenters. The number of hydrogen-bond donors (Lipinski definition) is 3. The lowest BCUT2D eigenvalue weighted by Crippen LogP contribution is -2.36. The molecule has 0 fully saturated rings. The van der Waals surface area contributed by atoms with Crippen LogP contribution in [0.3, 0.4) is 0 Å². The number of carbonyl (C=O) groups excluding carboxylic acids is 2. The molecule has 0 aliphatic carbocycles. The lowest BCUT2D eigenvalue weighted by Gasteiger charge is -2.20. The van der Waals surface area contributed by atoms with Gasteiger partial charge in [-0.2, -0.15) is 0 Å². The molecule has 0 spiro atoms. The Labute approximate surface area is 198 Å². The Balaban J connectivity index is 1.90. The maximum absolute atomic E-state index is 12.8. The predicted octanol–water partition coefficient (Wildman–Crippen LogP) is 4.19. The summed E-state index contributed by atoms with van der Waals surface area (Å²) in [6, 6.07) is 14.1. The molecule has 0 radical (unpaired) electrons. The van der Waals surface area contributed by atoms with Gasteiger partial charge in [-0.05, 0) is 43.5 Å². The van der Waals surface area contributed by atoms with Crippen molar-refractivity contribution in [2.75, 3.05) is 11.9 Å². The van der Waals surface area contributed by atoms with Crippen molar-refractivity contribution in [2.24, 2.45) is 7.05 Å². The van der Waals surface area contributed by atoms with Gasteiger partial charge >= 0.3 is 12.0 Å². The fraction of sp³-hybridized carbons (Fsp3) is 0.269. The average Bonchev–Trinajstić information content (AvgIpc) is 2.80. The molecule has 2 aromatic carbocycles. The van der Waals surface area contributed by atoms with Crippen molar-refractivity contribution in [3.63, 3.8) is 0 Å². The highest BCUT2D eigenvalue weighted by Gasteiger charge is 2.22. The summed E-state index contributed by atoms with van der Waals surface area (Å²) >= 11 is 0. The number of nitrogens with zero attached hydrogens (tertiary/aromatic N) is 1. The van der Waals surface area contributed by atoms with Crippen LogP contribution in [0, 0.1) is 13.8 Å². The molecule has 3 aromatic rings. The minimum absolute atomic E-state index is 0.101. The van der Waals surface area contributed by atoms with E-state index < -0.39 is 23.6 Å². The molecule has 0 saturated carbocycles. The average molecular weight is 464 g/mol. The van der Waals surface area contributed by atoms with Crippen LogP contribution < -0.4 is 16.2 Å². The number of aromatic hydroxyl groups is 1. The number of rotatable bonds is 7. The number of pyridine rings is 1. The van der Waals surface area contributed by atoms with E-state index in [1.807, 2.05) is 49.4 Å². The second-order valence-electron chi connectivity index (χ2n) is 8.11. The Bertz CT molecular complexity index is 1270. The number of esters is 1. The molecular formula is C26H29N3O5. The van der Waals surface area contributed by atoms with Crippen molar-refractivity contribution >= 4 is 17.7 Å². The molecule has 8 nitrogen and oxygen atoms in total. The molecule has 178 valence electrons. The van der Waals surface area contributed by atoms with Crippen molar-refractivity contribution in [1.29, 1.82) is 0 Å². The normalized spacial score (nSPS) is 11.5. The zero-order chi connectivity index (χ0) is 24.8. The summed E-state index contributed by atoms with van der Waals surface area (Å²) in [6.07, 6.45) is 1.37. The van der Waals surface area contributed by atoms with Gasteiger partial charge < -0.3 is 25.0 Å². The van der Waals surface area contributed by atoms with Gasteiger partial charge in [-0.25, -0.2) is 4.79 Å². The van der Waals surface area contributed by atoms with Crippen LogP contribution in [0.2, 0.25) is 0 Å². The number of amides is 2. The van der Waals surface area contributed by atoms with Crippen LogP contribution in [0.4, 0.5) is 10.5 Å². The van der Waals surface area contributed by atoms with E-state index in [1.54, 1.807) is 13.8 Å². The highest BCUT2D eigenvalue weighted by atomic mass is 16.5. The van der Waals surface area contributed by atoms with Gasteiger partial charge in [0, 0.05) is 18.8 Å². The van der Waals surface area contributed by atoms with Crippen LogP contribution in [-0.2, 0) is 16.6 Å². The maximum Gasteiger partial charge on any atom is 0.319 e. The van der Waals surface area contributed by atoms with Crippen molar-refractivity contribution in [2.45, 2.75) is 33.2 Å². The molecule has 2 amide bonds. The van der Waals surface area contributed by atoms with Crippen LogP contribution in [0.15, 0.2) is 59.5 Å². The number of anilines is 1. The molecule has 1 unspecified atom stereocenters. The van der Waals surface area contributed by atoms with Gasteiger partial charge in [0.15, 0.2) is 5.69 Å². The number of nitrogens with one attached hydrogen (secondary N) is 2. The number of urea groups is 1. The number of carbonyl (C=O) groups is 2. The summed E-state index contributed by atoms with van der Waals surface area (Å²) in [4.78, 5) is 37.5. The molecule has 1 aromatic heterocycles. The van der Waals surface area contributed by atoms with Crippen molar-refractivity contribution < 1.29 is 19.4 Å². The first-order valence-electron chi connectivity index (χ1n) is 11.0. The van der Waals surface area contributed by atoms with E-state index in [2.05, 4.69) is 16.7 Å². The highest BCUT2D eigenvalue weighted by molar-refractivity contribution is 5.91. The van der Waals surface area contributed by atoms with E-state index in [1.165, 1.54) is 17.8 Å². The molecule has 3 N–H and O–H groups in total. The van der Waals surface area contributed by atoms with Crippen LogP contribution in [-0.4, -0.2) is 28.3 Å². The van der Waals surface area contributed by atoms with Crippen molar-refractivity contribution in [3.8, 4) is 16.9 Å². The third-order valence-electron chi connectivity index (χ3n) is 5.39. The summed E-state index contributed by atoms with van der Waals surface area (Å²) in [5, 5.41) is 15.5. The first-order chi connectivity index (χ1) is 16.2.